The van der Waals surface area contributed by atoms with Gasteiger partial charge in [0.05, 0.1) is 22.6 Å². The Hall–Kier alpha value is -2.89. The molecule has 0 saturated heterocycles. The van der Waals surface area contributed by atoms with E-state index in [0.29, 0.717) is 10.3 Å². The molecule has 0 radical (unpaired) electrons. The fraction of sp³-hybridized carbons (Fsp3) is 0.278. The third-order valence-corrected chi connectivity index (χ3v) is 4.27. The highest BCUT2D eigenvalue weighted by molar-refractivity contribution is 5.94. The summed E-state index contributed by atoms with van der Waals surface area (Å²) in [7, 11) is 0. The van der Waals surface area contributed by atoms with Crippen LogP contribution in [0, 0.1) is 11.1 Å². The van der Waals surface area contributed by atoms with Crippen molar-refractivity contribution in [1.29, 1.82) is 0 Å². The van der Waals surface area contributed by atoms with Gasteiger partial charge in [-0.2, -0.15) is 4.73 Å². The number of fused-ring (bicyclic) bond motifs is 1. The minimum atomic E-state index is -0.227. The van der Waals surface area contributed by atoms with Crippen molar-refractivity contribution in [3.63, 3.8) is 0 Å². The maximum absolute atomic E-state index is 12.5. The van der Waals surface area contributed by atoms with E-state index in [-0.39, 0.29) is 17.9 Å². The third-order valence-electron chi connectivity index (χ3n) is 4.27. The fourth-order valence-electron chi connectivity index (χ4n) is 2.62. The molecule has 2 N–H and O–H groups in total. The van der Waals surface area contributed by atoms with Crippen LogP contribution >= 0.6 is 0 Å². The van der Waals surface area contributed by atoms with Gasteiger partial charge in [0.25, 0.3) is 5.91 Å². The van der Waals surface area contributed by atoms with E-state index in [1.54, 1.807) is 0 Å². The van der Waals surface area contributed by atoms with Gasteiger partial charge in [-0.05, 0) is 18.1 Å². The van der Waals surface area contributed by atoms with Gasteiger partial charge in [0, 0.05) is 12.1 Å². The molecule has 24 heavy (non-hydrogen) atoms. The maximum Gasteiger partial charge on any atom is 0.252 e. The van der Waals surface area contributed by atoms with Crippen LogP contribution in [0.25, 0.3) is 11.0 Å². The first-order chi connectivity index (χ1) is 11.6. The normalized spacial score (nSPS) is 13.6. The van der Waals surface area contributed by atoms with E-state index >= 15 is 0 Å². The number of para-hydroxylation sites is 2. The predicted molar refractivity (Wildman–Crippen MR) is 91.2 cm³/mol. The molecule has 1 aromatic carbocycles. The molecule has 0 aliphatic rings. The van der Waals surface area contributed by atoms with Crippen molar-refractivity contribution in [3.05, 3.63) is 65.4 Å². The summed E-state index contributed by atoms with van der Waals surface area (Å²) in [6, 6.07) is 10.6. The second-order valence-electron chi connectivity index (χ2n) is 5.92. The number of nitrogens with one attached hydrogen (secondary N) is 2. The van der Waals surface area contributed by atoms with E-state index in [0.717, 1.165) is 23.3 Å². The fourth-order valence-corrected chi connectivity index (χ4v) is 2.62. The van der Waals surface area contributed by atoms with Crippen molar-refractivity contribution in [1.82, 2.24) is 15.3 Å². The number of carbonyl (C=O) groups is 1. The lowest BCUT2D eigenvalue weighted by Gasteiger charge is -2.22. The van der Waals surface area contributed by atoms with Crippen LogP contribution in [0.4, 0.5) is 0 Å². The highest BCUT2D eigenvalue weighted by Crippen LogP contribution is 2.25. The van der Waals surface area contributed by atoms with Crippen LogP contribution in [0.2, 0.25) is 0 Å². The van der Waals surface area contributed by atoms with Gasteiger partial charge >= 0.3 is 0 Å². The van der Waals surface area contributed by atoms with Crippen molar-refractivity contribution >= 4 is 16.9 Å². The zero-order chi connectivity index (χ0) is 17.1. The van der Waals surface area contributed by atoms with E-state index in [2.05, 4.69) is 29.1 Å². The molecule has 3 aromatic rings. The number of pyridine rings is 1. The molecule has 0 saturated carbocycles. The molecule has 1 amide bonds. The highest BCUT2D eigenvalue weighted by Gasteiger charge is 2.24. The van der Waals surface area contributed by atoms with Gasteiger partial charge in [-0.25, -0.2) is 4.98 Å². The molecule has 2 atom stereocenters. The van der Waals surface area contributed by atoms with E-state index in [9.17, 15) is 10.0 Å². The number of imidazole rings is 1. The summed E-state index contributed by atoms with van der Waals surface area (Å²) in [5.41, 5.74) is 2.27. The topological polar surface area (TPSA) is 84.7 Å². The Balaban J connectivity index is 1.89. The summed E-state index contributed by atoms with van der Waals surface area (Å²) >= 11 is 0. The minimum absolute atomic E-state index is 0.211. The summed E-state index contributed by atoms with van der Waals surface area (Å²) in [5, 5.41) is 14.1. The Morgan fingerprint density at radius 2 is 2.00 bits per heavy atom. The average molecular weight is 324 g/mol. The molecule has 6 heteroatoms. The monoisotopic (exact) mass is 324 g/mol. The Labute approximate surface area is 140 Å². The molecule has 0 fully saturated rings. The molecule has 2 heterocycles. The number of benzene rings is 1. The lowest BCUT2D eigenvalue weighted by molar-refractivity contribution is -0.605. The van der Waals surface area contributed by atoms with Gasteiger partial charge in [-0.1, -0.05) is 32.4 Å². The highest BCUT2D eigenvalue weighted by atomic mass is 16.5. The van der Waals surface area contributed by atoms with Crippen LogP contribution in [0.1, 0.15) is 42.5 Å². The summed E-state index contributed by atoms with van der Waals surface area (Å²) in [5.74, 6) is 0.734. The lowest BCUT2D eigenvalue weighted by Crippen LogP contribution is -2.34. The van der Waals surface area contributed by atoms with Gasteiger partial charge in [-0.15, -0.1) is 0 Å². The number of carbonyl (C=O) groups excluding carboxylic acids is 1. The van der Waals surface area contributed by atoms with Crippen LogP contribution in [-0.2, 0) is 0 Å². The Bertz CT molecular complexity index is 809. The zero-order valence-electron chi connectivity index (χ0n) is 13.7. The van der Waals surface area contributed by atoms with Crippen LogP contribution in [-0.4, -0.2) is 15.9 Å². The summed E-state index contributed by atoms with van der Waals surface area (Å²) in [6.45, 7) is 4.16. The van der Waals surface area contributed by atoms with E-state index in [1.165, 1.54) is 24.5 Å². The van der Waals surface area contributed by atoms with Crippen LogP contribution in [0.3, 0.4) is 0 Å². The number of amides is 1. The predicted octanol–water partition coefficient (Wildman–Crippen LogP) is 2.71. The Morgan fingerprint density at radius 1 is 1.29 bits per heavy atom. The largest absolute Gasteiger partial charge is 0.619 e. The second-order valence-corrected chi connectivity index (χ2v) is 5.92. The smallest absolute Gasteiger partial charge is 0.252 e. The Morgan fingerprint density at radius 3 is 2.67 bits per heavy atom. The van der Waals surface area contributed by atoms with Crippen LogP contribution in [0.15, 0.2) is 48.8 Å². The van der Waals surface area contributed by atoms with Crippen molar-refractivity contribution in [2.45, 2.75) is 26.3 Å². The van der Waals surface area contributed by atoms with Crippen LogP contribution in [0.5, 0.6) is 0 Å². The summed E-state index contributed by atoms with van der Waals surface area (Å²) < 4.78 is 0.655. The molecule has 6 nitrogen and oxygen atoms in total. The lowest BCUT2D eigenvalue weighted by atomic mass is 9.98. The maximum atomic E-state index is 12.5. The Kier molecular flexibility index (Phi) is 4.46. The van der Waals surface area contributed by atoms with Gasteiger partial charge in [0.2, 0.25) is 0 Å². The first-order valence-electron chi connectivity index (χ1n) is 8.03. The molecule has 0 aliphatic heterocycles. The average Bonchev–Trinajstić information content (AvgIpc) is 3.03. The molecule has 2 aromatic heterocycles. The van der Waals surface area contributed by atoms with Crippen molar-refractivity contribution in [2.24, 2.45) is 5.92 Å². The summed E-state index contributed by atoms with van der Waals surface area (Å²) in [4.78, 5) is 20.4. The van der Waals surface area contributed by atoms with E-state index in [1.807, 2.05) is 24.3 Å². The van der Waals surface area contributed by atoms with Gasteiger partial charge in [0.15, 0.2) is 12.4 Å². The third kappa shape index (κ3) is 3.22. The van der Waals surface area contributed by atoms with E-state index in [4.69, 9.17) is 0 Å². The number of nitrogens with zero attached hydrogens (tertiary/aromatic N) is 2. The molecule has 3 rings (SSSR count). The first kappa shape index (κ1) is 16.0. The molecule has 124 valence electrons. The van der Waals surface area contributed by atoms with Crippen molar-refractivity contribution < 1.29 is 9.52 Å². The quantitative estimate of drug-likeness (QED) is 0.559. The molecule has 0 bridgehead atoms. The zero-order valence-corrected chi connectivity index (χ0v) is 13.7. The number of aromatic nitrogens is 3. The van der Waals surface area contributed by atoms with Crippen molar-refractivity contribution in [2.75, 3.05) is 0 Å². The molecular formula is C18H20N4O2. The molecule has 0 unspecified atom stereocenters. The number of rotatable bonds is 5. The van der Waals surface area contributed by atoms with Gasteiger partial charge in [-0.3, -0.25) is 4.79 Å². The second kappa shape index (κ2) is 6.70. The van der Waals surface area contributed by atoms with Gasteiger partial charge in [0.1, 0.15) is 5.82 Å². The molecule has 0 spiro atoms. The number of H-pyrrole nitrogens is 1. The minimum Gasteiger partial charge on any atom is -0.619 e. The summed E-state index contributed by atoms with van der Waals surface area (Å²) in [6.07, 6.45) is 3.53. The first-order valence-corrected chi connectivity index (χ1v) is 8.03. The number of hydrogen-bond donors (Lipinski definition) is 2. The SMILES string of the molecule is CC[C@@H](C)[C@H](NC(=O)c1cc[n+]([O-])cc1)c1nc2ccccc2[nH]1. The molecule has 0 aliphatic carbocycles. The molecular weight excluding hydrogens is 304 g/mol. The number of hydrogen-bond acceptors (Lipinski definition) is 3. The number of aromatic amines is 1. The standard InChI is InChI=1S/C18H20N4O2/c1-3-12(2)16(17-19-14-6-4-5-7-15(14)20-17)21-18(23)13-8-10-22(24)11-9-13/h4-12,16H,3H2,1-2H3,(H,19,20)(H,21,23)/t12-,16+/m1/s1. The van der Waals surface area contributed by atoms with Gasteiger partial charge < -0.3 is 15.5 Å². The van der Waals surface area contributed by atoms with E-state index < -0.39 is 0 Å². The van der Waals surface area contributed by atoms with Crippen LogP contribution < -0.4 is 10.0 Å². The van der Waals surface area contributed by atoms with Crippen molar-refractivity contribution in [3.8, 4) is 0 Å².